The van der Waals surface area contributed by atoms with E-state index in [0.29, 0.717) is 0 Å². The minimum Gasteiger partial charge on any atom is -0.324 e. The first-order chi connectivity index (χ1) is 11.0. The van der Waals surface area contributed by atoms with Gasteiger partial charge < -0.3 is 9.79 Å². The second-order valence-electron chi connectivity index (χ2n) is 6.52. The molecule has 0 atom stereocenters. The van der Waals surface area contributed by atoms with Crippen LogP contribution in [0.1, 0.15) is 82.3 Å². The zero-order chi connectivity index (χ0) is 17.0. The molecule has 3 nitrogen and oxygen atoms in total. The fourth-order valence-electron chi connectivity index (χ4n) is 2.98. The predicted molar refractivity (Wildman–Crippen MR) is 97.7 cm³/mol. The lowest BCUT2D eigenvalue weighted by molar-refractivity contribution is 0.371. The van der Waals surface area contributed by atoms with Gasteiger partial charge in [0.2, 0.25) is 0 Å². The lowest BCUT2D eigenvalue weighted by Crippen LogP contribution is -1.95. The highest BCUT2D eigenvalue weighted by atomic mass is 31.2. The van der Waals surface area contributed by atoms with E-state index in [1.165, 1.54) is 57.8 Å². The van der Waals surface area contributed by atoms with Crippen LogP contribution < -0.4 is 0 Å². The summed E-state index contributed by atoms with van der Waals surface area (Å²) in [6, 6.07) is 7.64. The quantitative estimate of drug-likeness (QED) is 0.351. The Morgan fingerprint density at radius 1 is 0.783 bits per heavy atom. The third-order valence-electron chi connectivity index (χ3n) is 4.29. The number of rotatable bonds is 13. The molecular weight excluding hydrogens is 307 g/mol. The summed E-state index contributed by atoms with van der Waals surface area (Å²) >= 11 is 0. The molecule has 0 aliphatic heterocycles. The van der Waals surface area contributed by atoms with Crippen molar-refractivity contribution < 1.29 is 14.4 Å². The normalized spacial score (nSPS) is 11.8. The Morgan fingerprint density at radius 2 is 1.26 bits per heavy atom. The molecule has 0 aliphatic carbocycles. The summed E-state index contributed by atoms with van der Waals surface area (Å²) in [5.41, 5.74) is 1.90. The number of unbranched alkanes of at least 4 members (excludes halogenated alkanes) is 9. The van der Waals surface area contributed by atoms with E-state index in [1.807, 2.05) is 24.3 Å². The van der Waals surface area contributed by atoms with Crippen molar-refractivity contribution in [1.29, 1.82) is 0 Å². The highest BCUT2D eigenvalue weighted by Gasteiger charge is 2.15. The van der Waals surface area contributed by atoms with Gasteiger partial charge in [0.1, 0.15) is 0 Å². The molecule has 2 N–H and O–H groups in total. The largest absolute Gasteiger partial charge is 0.329 e. The van der Waals surface area contributed by atoms with Crippen LogP contribution in [-0.4, -0.2) is 9.79 Å². The summed E-state index contributed by atoms with van der Waals surface area (Å²) in [5, 5.41) is 0. The van der Waals surface area contributed by atoms with E-state index in [1.54, 1.807) is 0 Å². The summed E-state index contributed by atoms with van der Waals surface area (Å²) in [7, 11) is -3.98. The molecule has 0 radical (unpaired) electrons. The smallest absolute Gasteiger partial charge is 0.324 e. The van der Waals surface area contributed by atoms with Gasteiger partial charge in [0.05, 0.1) is 6.16 Å². The molecule has 0 amide bonds. The predicted octanol–water partition coefficient (Wildman–Crippen LogP) is 5.83. The third kappa shape index (κ3) is 10.7. The summed E-state index contributed by atoms with van der Waals surface area (Å²) < 4.78 is 11.2. The highest BCUT2D eigenvalue weighted by Crippen LogP contribution is 2.40. The zero-order valence-corrected chi connectivity index (χ0v) is 15.4. The molecule has 23 heavy (non-hydrogen) atoms. The van der Waals surface area contributed by atoms with Crippen LogP contribution in [-0.2, 0) is 17.1 Å². The molecular formula is C19H33O3P. The van der Waals surface area contributed by atoms with Crippen LogP contribution in [0.5, 0.6) is 0 Å². The first-order valence-electron chi connectivity index (χ1n) is 9.14. The van der Waals surface area contributed by atoms with Gasteiger partial charge in [-0.2, -0.15) is 0 Å². The monoisotopic (exact) mass is 340 g/mol. The van der Waals surface area contributed by atoms with E-state index in [4.69, 9.17) is 9.79 Å². The van der Waals surface area contributed by atoms with Crippen LogP contribution >= 0.6 is 7.60 Å². The van der Waals surface area contributed by atoms with Crippen molar-refractivity contribution in [2.45, 2.75) is 83.7 Å². The van der Waals surface area contributed by atoms with Gasteiger partial charge in [-0.3, -0.25) is 4.57 Å². The van der Waals surface area contributed by atoms with Crippen molar-refractivity contribution in [3.63, 3.8) is 0 Å². The van der Waals surface area contributed by atoms with Crippen LogP contribution in [0.25, 0.3) is 0 Å². The molecule has 0 unspecified atom stereocenters. The molecule has 0 saturated carbocycles. The molecule has 0 heterocycles. The summed E-state index contributed by atoms with van der Waals surface area (Å²) in [6.07, 6.45) is 13.8. The molecule has 0 fully saturated rings. The Labute approximate surface area is 141 Å². The molecule has 0 aliphatic rings. The standard InChI is InChI=1S/C19H33O3P/c1-2-3-4-5-6-7-8-9-10-11-14-18-15-12-13-16-19(18)17-23(20,21)22/h12-13,15-16H,2-11,14,17H2,1H3,(H2,20,21,22). The Morgan fingerprint density at radius 3 is 1.78 bits per heavy atom. The highest BCUT2D eigenvalue weighted by molar-refractivity contribution is 7.50. The van der Waals surface area contributed by atoms with Gasteiger partial charge in [0, 0.05) is 0 Å². The average Bonchev–Trinajstić information content (AvgIpc) is 2.49. The minimum atomic E-state index is -3.98. The first kappa shape index (κ1) is 20.4. The molecule has 4 heteroatoms. The van der Waals surface area contributed by atoms with Gasteiger partial charge in [-0.25, -0.2) is 0 Å². The SMILES string of the molecule is CCCCCCCCCCCCc1ccccc1CP(=O)(O)O. The van der Waals surface area contributed by atoms with Gasteiger partial charge in [-0.1, -0.05) is 89.0 Å². The Bertz CT molecular complexity index is 467. The van der Waals surface area contributed by atoms with E-state index >= 15 is 0 Å². The maximum Gasteiger partial charge on any atom is 0.329 e. The Hall–Kier alpha value is -0.630. The van der Waals surface area contributed by atoms with Gasteiger partial charge in [-0.15, -0.1) is 0 Å². The van der Waals surface area contributed by atoms with Crippen molar-refractivity contribution in [2.75, 3.05) is 0 Å². The van der Waals surface area contributed by atoms with Crippen LogP contribution in [0.2, 0.25) is 0 Å². The number of benzene rings is 1. The second kappa shape index (κ2) is 11.8. The molecule has 0 bridgehead atoms. The number of aryl methyl sites for hydroxylation is 1. The molecule has 0 aromatic heterocycles. The fourth-order valence-corrected chi connectivity index (χ4v) is 3.73. The van der Waals surface area contributed by atoms with E-state index in [9.17, 15) is 4.57 Å². The average molecular weight is 340 g/mol. The van der Waals surface area contributed by atoms with Crippen molar-refractivity contribution in [3.05, 3.63) is 35.4 Å². The maximum atomic E-state index is 11.2. The molecule has 1 rings (SSSR count). The number of hydrogen-bond donors (Lipinski definition) is 2. The van der Waals surface area contributed by atoms with E-state index in [2.05, 4.69) is 6.92 Å². The van der Waals surface area contributed by atoms with Crippen molar-refractivity contribution in [3.8, 4) is 0 Å². The minimum absolute atomic E-state index is 0.138. The Balaban J connectivity index is 2.15. The summed E-state index contributed by atoms with van der Waals surface area (Å²) in [4.78, 5) is 18.3. The maximum absolute atomic E-state index is 11.2. The van der Waals surface area contributed by atoms with Crippen molar-refractivity contribution >= 4 is 7.60 Å². The second-order valence-corrected chi connectivity index (χ2v) is 8.17. The lowest BCUT2D eigenvalue weighted by atomic mass is 10.0. The van der Waals surface area contributed by atoms with Crippen LogP contribution in [0.3, 0.4) is 0 Å². The van der Waals surface area contributed by atoms with Crippen molar-refractivity contribution in [2.24, 2.45) is 0 Å². The van der Waals surface area contributed by atoms with Gasteiger partial charge in [0.15, 0.2) is 0 Å². The zero-order valence-electron chi connectivity index (χ0n) is 14.5. The topological polar surface area (TPSA) is 57.5 Å². The molecule has 132 valence electrons. The van der Waals surface area contributed by atoms with Crippen molar-refractivity contribution in [1.82, 2.24) is 0 Å². The van der Waals surface area contributed by atoms with Gasteiger partial charge >= 0.3 is 7.60 Å². The van der Waals surface area contributed by atoms with E-state index in [-0.39, 0.29) is 6.16 Å². The molecule has 0 saturated heterocycles. The molecule has 1 aromatic carbocycles. The van der Waals surface area contributed by atoms with Gasteiger partial charge in [-0.05, 0) is 24.0 Å². The summed E-state index contributed by atoms with van der Waals surface area (Å²) in [5.74, 6) is 0. The van der Waals surface area contributed by atoms with Crippen LogP contribution in [0, 0.1) is 0 Å². The number of hydrogen-bond acceptors (Lipinski definition) is 1. The van der Waals surface area contributed by atoms with Crippen LogP contribution in [0.4, 0.5) is 0 Å². The van der Waals surface area contributed by atoms with E-state index in [0.717, 1.165) is 24.0 Å². The molecule has 0 spiro atoms. The van der Waals surface area contributed by atoms with Crippen LogP contribution in [0.15, 0.2) is 24.3 Å². The third-order valence-corrected chi connectivity index (χ3v) is 5.05. The fraction of sp³-hybridized carbons (Fsp3) is 0.684. The lowest BCUT2D eigenvalue weighted by Gasteiger charge is -2.10. The first-order valence-corrected chi connectivity index (χ1v) is 10.9. The summed E-state index contributed by atoms with van der Waals surface area (Å²) in [6.45, 7) is 2.25. The van der Waals surface area contributed by atoms with E-state index < -0.39 is 7.60 Å². The Kier molecular flexibility index (Phi) is 10.5. The molecule has 1 aromatic rings. The van der Waals surface area contributed by atoms with Gasteiger partial charge in [0.25, 0.3) is 0 Å².